The molecule has 3 nitrogen and oxygen atoms in total. The van der Waals surface area contributed by atoms with Crippen LogP contribution in [-0.2, 0) is 14.3 Å². The maximum Gasteiger partial charge on any atom is 0.313 e. The summed E-state index contributed by atoms with van der Waals surface area (Å²) in [5.41, 5.74) is 4.63. The van der Waals surface area contributed by atoms with Crippen molar-refractivity contribution in [1.82, 2.24) is 0 Å². The number of fused-ring (bicyclic) bond motifs is 3. The fourth-order valence-electron chi connectivity index (χ4n) is 3.04. The zero-order valence-electron chi connectivity index (χ0n) is 14.5. The van der Waals surface area contributed by atoms with Gasteiger partial charge in [0.05, 0.1) is 12.0 Å². The lowest BCUT2D eigenvalue weighted by molar-refractivity contribution is -0.167. The largest absolute Gasteiger partial charge is 0.438 e. The van der Waals surface area contributed by atoms with Crippen LogP contribution in [0.2, 0.25) is 0 Å². The Bertz CT molecular complexity index is 688. The van der Waals surface area contributed by atoms with E-state index in [1.165, 1.54) is 22.3 Å². The summed E-state index contributed by atoms with van der Waals surface area (Å²) in [7, 11) is 0. The van der Waals surface area contributed by atoms with Gasteiger partial charge in [-0.05, 0) is 42.5 Å². The Hall–Kier alpha value is -2.13. The molecule has 0 N–H and O–H groups in total. The van der Waals surface area contributed by atoms with Crippen molar-refractivity contribution in [1.29, 1.82) is 0 Å². The van der Waals surface area contributed by atoms with E-state index >= 15 is 0 Å². The Balaban J connectivity index is 1.65. The fraction of sp³-hybridized carbons (Fsp3) is 0.381. The molecule has 0 radical (unpaired) electrons. The van der Waals surface area contributed by atoms with Crippen molar-refractivity contribution in [3.63, 3.8) is 0 Å². The second-order valence-electron chi connectivity index (χ2n) is 6.88. The minimum atomic E-state index is -0.462. The SMILES string of the molecule is CCC(C)(C)C(=O)OCOCC1c2ccccc2-c2ccccc21. The van der Waals surface area contributed by atoms with E-state index in [1.807, 2.05) is 20.8 Å². The zero-order chi connectivity index (χ0) is 17.2. The average Bonchev–Trinajstić information content (AvgIpc) is 2.93. The number of ether oxygens (including phenoxy) is 2. The fourth-order valence-corrected chi connectivity index (χ4v) is 3.04. The number of benzene rings is 2. The predicted octanol–water partition coefficient (Wildman–Crippen LogP) is 4.75. The number of carbonyl (C=O) groups is 1. The van der Waals surface area contributed by atoms with Gasteiger partial charge in [-0.2, -0.15) is 0 Å². The van der Waals surface area contributed by atoms with Gasteiger partial charge in [-0.15, -0.1) is 0 Å². The van der Waals surface area contributed by atoms with Crippen LogP contribution in [0.5, 0.6) is 0 Å². The summed E-state index contributed by atoms with van der Waals surface area (Å²) in [5, 5.41) is 0. The van der Waals surface area contributed by atoms with Crippen LogP contribution < -0.4 is 0 Å². The molecule has 2 aromatic carbocycles. The van der Waals surface area contributed by atoms with E-state index in [9.17, 15) is 4.79 Å². The van der Waals surface area contributed by atoms with Gasteiger partial charge in [-0.1, -0.05) is 55.5 Å². The maximum atomic E-state index is 12.0. The van der Waals surface area contributed by atoms with Crippen molar-refractivity contribution < 1.29 is 14.3 Å². The number of hydrogen-bond donors (Lipinski definition) is 0. The summed E-state index contributed by atoms with van der Waals surface area (Å²) in [4.78, 5) is 12.0. The van der Waals surface area contributed by atoms with Crippen LogP contribution in [0, 0.1) is 5.41 Å². The molecule has 0 amide bonds. The number of carbonyl (C=O) groups excluding carboxylic acids is 1. The van der Waals surface area contributed by atoms with Crippen LogP contribution in [0.4, 0.5) is 0 Å². The molecule has 0 aliphatic heterocycles. The topological polar surface area (TPSA) is 35.5 Å². The molecule has 0 saturated carbocycles. The quantitative estimate of drug-likeness (QED) is 0.437. The Morgan fingerprint density at radius 1 is 1.00 bits per heavy atom. The summed E-state index contributed by atoms with van der Waals surface area (Å²) in [5.74, 6) is -0.0208. The summed E-state index contributed by atoms with van der Waals surface area (Å²) in [6.07, 6.45) is 0.745. The van der Waals surface area contributed by atoms with Crippen LogP contribution in [0.3, 0.4) is 0 Å². The predicted molar refractivity (Wildman–Crippen MR) is 94.7 cm³/mol. The first kappa shape index (κ1) is 16.7. The summed E-state index contributed by atoms with van der Waals surface area (Å²) < 4.78 is 11.0. The molecule has 0 aromatic heterocycles. The number of esters is 1. The highest BCUT2D eigenvalue weighted by Crippen LogP contribution is 2.44. The standard InChI is InChI=1S/C21H24O3/c1-4-21(2,3)20(22)24-14-23-13-19-17-11-7-5-9-15(17)16-10-6-8-12-18(16)19/h5-12,19H,4,13-14H2,1-3H3. The minimum absolute atomic E-state index is 0.00307. The zero-order valence-corrected chi connectivity index (χ0v) is 14.5. The van der Waals surface area contributed by atoms with Crippen molar-refractivity contribution in [2.75, 3.05) is 13.4 Å². The first-order valence-corrected chi connectivity index (χ1v) is 8.48. The monoisotopic (exact) mass is 324 g/mol. The van der Waals surface area contributed by atoms with Gasteiger partial charge in [0.15, 0.2) is 6.79 Å². The van der Waals surface area contributed by atoms with E-state index < -0.39 is 5.41 Å². The van der Waals surface area contributed by atoms with Gasteiger partial charge < -0.3 is 9.47 Å². The van der Waals surface area contributed by atoms with E-state index in [-0.39, 0.29) is 18.7 Å². The molecule has 1 aliphatic rings. The third-order valence-electron chi connectivity index (χ3n) is 4.96. The van der Waals surface area contributed by atoms with Crippen LogP contribution in [0.1, 0.15) is 44.2 Å². The molecule has 0 saturated heterocycles. The molecular formula is C21H24O3. The lowest BCUT2D eigenvalue weighted by Crippen LogP contribution is -2.27. The highest BCUT2D eigenvalue weighted by molar-refractivity contribution is 5.78. The van der Waals surface area contributed by atoms with Gasteiger partial charge >= 0.3 is 5.97 Å². The maximum absolute atomic E-state index is 12.0. The van der Waals surface area contributed by atoms with Crippen molar-refractivity contribution in [2.45, 2.75) is 33.1 Å². The van der Waals surface area contributed by atoms with Gasteiger partial charge in [0.1, 0.15) is 0 Å². The highest BCUT2D eigenvalue weighted by Gasteiger charge is 2.29. The van der Waals surface area contributed by atoms with Crippen molar-refractivity contribution in [3.05, 3.63) is 59.7 Å². The Morgan fingerprint density at radius 2 is 1.54 bits per heavy atom. The third-order valence-corrected chi connectivity index (χ3v) is 4.96. The van der Waals surface area contributed by atoms with Crippen molar-refractivity contribution in [2.24, 2.45) is 5.41 Å². The molecule has 126 valence electrons. The van der Waals surface area contributed by atoms with Gasteiger partial charge in [0.2, 0.25) is 0 Å². The Labute approximate surface area is 143 Å². The molecule has 3 rings (SSSR count). The molecule has 0 unspecified atom stereocenters. The highest BCUT2D eigenvalue weighted by atomic mass is 16.7. The normalized spacial score (nSPS) is 13.5. The van der Waals surface area contributed by atoms with Crippen molar-refractivity contribution >= 4 is 5.97 Å². The molecule has 1 aliphatic carbocycles. The second kappa shape index (κ2) is 6.78. The smallest absolute Gasteiger partial charge is 0.313 e. The summed E-state index contributed by atoms with van der Waals surface area (Å²) >= 11 is 0. The van der Waals surface area contributed by atoms with Crippen LogP contribution >= 0.6 is 0 Å². The van der Waals surface area contributed by atoms with Gasteiger partial charge in [0.25, 0.3) is 0 Å². The lowest BCUT2D eigenvalue weighted by Gasteiger charge is -2.20. The number of hydrogen-bond acceptors (Lipinski definition) is 3. The van der Waals surface area contributed by atoms with Crippen LogP contribution in [0.25, 0.3) is 11.1 Å². The molecule has 24 heavy (non-hydrogen) atoms. The van der Waals surface area contributed by atoms with E-state index in [1.54, 1.807) is 0 Å². The average molecular weight is 324 g/mol. The van der Waals surface area contributed by atoms with E-state index in [0.29, 0.717) is 6.61 Å². The van der Waals surface area contributed by atoms with E-state index in [0.717, 1.165) is 6.42 Å². The van der Waals surface area contributed by atoms with Gasteiger partial charge in [0, 0.05) is 5.92 Å². The Kier molecular flexibility index (Phi) is 4.72. The molecule has 0 atom stereocenters. The third kappa shape index (κ3) is 3.09. The first-order valence-electron chi connectivity index (χ1n) is 8.48. The minimum Gasteiger partial charge on any atom is -0.438 e. The lowest BCUT2D eigenvalue weighted by atomic mass is 9.91. The molecule has 0 heterocycles. The molecule has 0 fully saturated rings. The molecule has 0 spiro atoms. The first-order chi connectivity index (χ1) is 11.5. The molecular weight excluding hydrogens is 300 g/mol. The summed E-state index contributed by atoms with van der Waals surface area (Å²) in [6.45, 7) is 6.27. The van der Waals surface area contributed by atoms with Gasteiger partial charge in [-0.3, -0.25) is 4.79 Å². The molecule has 3 heteroatoms. The molecule has 2 aromatic rings. The Morgan fingerprint density at radius 3 is 2.08 bits per heavy atom. The second-order valence-corrected chi connectivity index (χ2v) is 6.88. The molecule has 0 bridgehead atoms. The van der Waals surface area contributed by atoms with Crippen LogP contribution in [-0.4, -0.2) is 19.4 Å². The van der Waals surface area contributed by atoms with Gasteiger partial charge in [-0.25, -0.2) is 0 Å². The number of rotatable bonds is 6. The van der Waals surface area contributed by atoms with E-state index in [2.05, 4.69) is 48.5 Å². The summed E-state index contributed by atoms with van der Waals surface area (Å²) in [6, 6.07) is 16.8. The van der Waals surface area contributed by atoms with Crippen LogP contribution in [0.15, 0.2) is 48.5 Å². The van der Waals surface area contributed by atoms with E-state index in [4.69, 9.17) is 9.47 Å². The van der Waals surface area contributed by atoms with Crippen molar-refractivity contribution in [3.8, 4) is 11.1 Å².